The number of hydrogen-bond acceptors (Lipinski definition) is 3. The number of imidazole rings is 1. The standard InChI is InChI=1S/C20H21N5/c1-13(2)25-19-11-7-6-10-18(19)23-20(25)24-21-12-16-14(3)22-17-9-5-4-8-15(16)17/h4-13,22H,1-3H3,(H,23,24). The Kier molecular flexibility index (Phi) is 3.76. The summed E-state index contributed by atoms with van der Waals surface area (Å²) in [6, 6.07) is 16.7. The number of fused-ring (bicyclic) bond motifs is 2. The van der Waals surface area contributed by atoms with Crippen LogP contribution >= 0.6 is 0 Å². The van der Waals surface area contributed by atoms with Crippen LogP contribution in [-0.2, 0) is 0 Å². The van der Waals surface area contributed by atoms with Gasteiger partial charge in [0.05, 0.1) is 17.2 Å². The lowest BCUT2D eigenvalue weighted by Gasteiger charge is -2.11. The highest BCUT2D eigenvalue weighted by molar-refractivity contribution is 6.00. The lowest BCUT2D eigenvalue weighted by atomic mass is 10.1. The third kappa shape index (κ3) is 2.67. The van der Waals surface area contributed by atoms with Gasteiger partial charge in [0.1, 0.15) is 0 Å². The van der Waals surface area contributed by atoms with Crippen molar-refractivity contribution in [2.45, 2.75) is 26.8 Å². The first-order valence-corrected chi connectivity index (χ1v) is 8.48. The van der Waals surface area contributed by atoms with Crippen LogP contribution in [0.4, 0.5) is 5.95 Å². The summed E-state index contributed by atoms with van der Waals surface area (Å²) >= 11 is 0. The van der Waals surface area contributed by atoms with Gasteiger partial charge in [-0.25, -0.2) is 10.4 Å². The van der Waals surface area contributed by atoms with Gasteiger partial charge in [0.2, 0.25) is 5.95 Å². The van der Waals surface area contributed by atoms with Gasteiger partial charge in [-0.05, 0) is 39.0 Å². The normalized spacial score (nSPS) is 12.0. The van der Waals surface area contributed by atoms with E-state index < -0.39 is 0 Å². The Morgan fingerprint density at radius 2 is 1.88 bits per heavy atom. The zero-order valence-electron chi connectivity index (χ0n) is 14.6. The number of H-pyrrole nitrogens is 1. The van der Waals surface area contributed by atoms with E-state index in [0.717, 1.165) is 33.8 Å². The van der Waals surface area contributed by atoms with Crippen molar-refractivity contribution in [3.63, 3.8) is 0 Å². The Hall–Kier alpha value is -3.08. The van der Waals surface area contributed by atoms with Crippen molar-refractivity contribution >= 4 is 34.1 Å². The molecule has 0 amide bonds. The topological polar surface area (TPSA) is 58.0 Å². The first-order chi connectivity index (χ1) is 12.1. The van der Waals surface area contributed by atoms with E-state index in [0.29, 0.717) is 6.04 Å². The SMILES string of the molecule is Cc1[nH]c2ccccc2c1C=NNc1nc2ccccc2n1C(C)C. The van der Waals surface area contributed by atoms with Crippen molar-refractivity contribution in [1.29, 1.82) is 0 Å². The minimum atomic E-state index is 0.292. The van der Waals surface area contributed by atoms with Crippen molar-refractivity contribution in [3.05, 3.63) is 59.8 Å². The predicted molar refractivity (Wildman–Crippen MR) is 104 cm³/mol. The number of aromatic amines is 1. The summed E-state index contributed by atoms with van der Waals surface area (Å²) in [5.74, 6) is 0.755. The van der Waals surface area contributed by atoms with Crippen molar-refractivity contribution in [3.8, 4) is 0 Å². The summed E-state index contributed by atoms with van der Waals surface area (Å²) in [5.41, 5.74) is 8.52. The molecule has 0 bridgehead atoms. The molecule has 126 valence electrons. The highest BCUT2D eigenvalue weighted by Gasteiger charge is 2.12. The number of benzene rings is 2. The van der Waals surface area contributed by atoms with Gasteiger partial charge in [0.25, 0.3) is 0 Å². The Labute approximate surface area is 146 Å². The number of nitrogens with zero attached hydrogens (tertiary/aromatic N) is 3. The second kappa shape index (κ2) is 6.09. The molecular weight excluding hydrogens is 310 g/mol. The molecule has 0 saturated carbocycles. The molecular formula is C20H21N5. The van der Waals surface area contributed by atoms with Crippen LogP contribution in [0.3, 0.4) is 0 Å². The summed E-state index contributed by atoms with van der Waals surface area (Å²) < 4.78 is 2.16. The Bertz CT molecular complexity index is 1070. The number of nitrogens with one attached hydrogen (secondary N) is 2. The van der Waals surface area contributed by atoms with Gasteiger partial charge in [-0.1, -0.05) is 30.3 Å². The van der Waals surface area contributed by atoms with E-state index in [-0.39, 0.29) is 0 Å². The van der Waals surface area contributed by atoms with E-state index in [1.165, 1.54) is 5.39 Å². The van der Waals surface area contributed by atoms with Crippen LogP contribution in [0.2, 0.25) is 0 Å². The Morgan fingerprint density at radius 3 is 2.72 bits per heavy atom. The summed E-state index contributed by atoms with van der Waals surface area (Å²) in [4.78, 5) is 8.05. The fourth-order valence-electron chi connectivity index (χ4n) is 3.27. The van der Waals surface area contributed by atoms with E-state index in [9.17, 15) is 0 Å². The van der Waals surface area contributed by atoms with E-state index in [2.05, 4.69) is 64.0 Å². The van der Waals surface area contributed by atoms with Crippen LogP contribution in [0.25, 0.3) is 21.9 Å². The molecule has 0 aliphatic carbocycles. The van der Waals surface area contributed by atoms with Gasteiger partial charge in [-0.15, -0.1) is 0 Å². The molecule has 4 rings (SSSR count). The molecule has 0 atom stereocenters. The summed E-state index contributed by atoms with van der Waals surface area (Å²) in [7, 11) is 0. The number of para-hydroxylation sites is 3. The van der Waals surface area contributed by atoms with Gasteiger partial charge in [0, 0.05) is 28.2 Å². The number of hydrogen-bond donors (Lipinski definition) is 2. The van der Waals surface area contributed by atoms with Crippen LogP contribution in [0.1, 0.15) is 31.1 Å². The minimum absolute atomic E-state index is 0.292. The maximum absolute atomic E-state index is 4.67. The zero-order chi connectivity index (χ0) is 17.4. The average Bonchev–Trinajstić information content (AvgIpc) is 3.12. The largest absolute Gasteiger partial charge is 0.358 e. The van der Waals surface area contributed by atoms with E-state index in [1.54, 1.807) is 0 Å². The number of rotatable bonds is 4. The molecule has 0 spiro atoms. The third-order valence-electron chi connectivity index (χ3n) is 4.41. The van der Waals surface area contributed by atoms with E-state index >= 15 is 0 Å². The quantitative estimate of drug-likeness (QED) is 0.415. The first-order valence-electron chi connectivity index (χ1n) is 8.48. The minimum Gasteiger partial charge on any atom is -0.358 e. The number of aromatic nitrogens is 3. The number of anilines is 1. The molecule has 5 nitrogen and oxygen atoms in total. The van der Waals surface area contributed by atoms with Crippen molar-refractivity contribution < 1.29 is 0 Å². The van der Waals surface area contributed by atoms with Gasteiger partial charge < -0.3 is 9.55 Å². The molecule has 0 fully saturated rings. The van der Waals surface area contributed by atoms with E-state index in [1.807, 2.05) is 36.5 Å². The van der Waals surface area contributed by atoms with Crippen LogP contribution in [0.15, 0.2) is 53.6 Å². The number of hydrazone groups is 1. The van der Waals surface area contributed by atoms with Gasteiger partial charge in [-0.3, -0.25) is 0 Å². The summed E-state index contributed by atoms with van der Waals surface area (Å²) in [5, 5.41) is 5.62. The van der Waals surface area contributed by atoms with Crippen LogP contribution in [0.5, 0.6) is 0 Å². The molecule has 25 heavy (non-hydrogen) atoms. The highest BCUT2D eigenvalue weighted by Crippen LogP contribution is 2.24. The molecule has 0 saturated heterocycles. The fraction of sp³-hybridized carbons (Fsp3) is 0.200. The Balaban J connectivity index is 1.69. The van der Waals surface area contributed by atoms with Gasteiger partial charge >= 0.3 is 0 Å². The smallest absolute Gasteiger partial charge is 0.224 e. The first kappa shape index (κ1) is 15.4. The lowest BCUT2D eigenvalue weighted by molar-refractivity contribution is 0.623. The molecule has 2 aromatic carbocycles. The molecule has 0 aliphatic heterocycles. The molecule has 5 heteroatoms. The van der Waals surface area contributed by atoms with Gasteiger partial charge in [-0.2, -0.15) is 5.10 Å². The van der Waals surface area contributed by atoms with Gasteiger partial charge in [0.15, 0.2) is 0 Å². The molecule has 2 heterocycles. The molecule has 2 N–H and O–H groups in total. The maximum Gasteiger partial charge on any atom is 0.224 e. The number of aryl methyl sites for hydroxylation is 1. The molecule has 0 unspecified atom stereocenters. The van der Waals surface area contributed by atoms with Crippen LogP contribution in [0, 0.1) is 6.92 Å². The maximum atomic E-state index is 4.67. The second-order valence-electron chi connectivity index (χ2n) is 6.47. The van der Waals surface area contributed by atoms with Crippen LogP contribution in [-0.4, -0.2) is 20.7 Å². The lowest BCUT2D eigenvalue weighted by Crippen LogP contribution is -2.06. The van der Waals surface area contributed by atoms with Crippen molar-refractivity contribution in [1.82, 2.24) is 14.5 Å². The monoisotopic (exact) mass is 331 g/mol. The molecule has 0 aliphatic rings. The average molecular weight is 331 g/mol. The third-order valence-corrected chi connectivity index (χ3v) is 4.41. The highest BCUT2D eigenvalue weighted by atomic mass is 15.4. The second-order valence-corrected chi connectivity index (χ2v) is 6.47. The van der Waals surface area contributed by atoms with Crippen molar-refractivity contribution in [2.24, 2.45) is 5.10 Å². The van der Waals surface area contributed by atoms with E-state index in [4.69, 9.17) is 0 Å². The summed E-state index contributed by atoms with van der Waals surface area (Å²) in [6.07, 6.45) is 1.86. The van der Waals surface area contributed by atoms with Crippen LogP contribution < -0.4 is 5.43 Å². The fourth-order valence-corrected chi connectivity index (χ4v) is 3.27. The van der Waals surface area contributed by atoms with Crippen molar-refractivity contribution in [2.75, 3.05) is 5.43 Å². The zero-order valence-corrected chi connectivity index (χ0v) is 14.6. The molecule has 4 aromatic rings. The Morgan fingerprint density at radius 1 is 1.12 bits per heavy atom. The predicted octanol–water partition coefficient (Wildman–Crippen LogP) is 4.85. The molecule has 2 aromatic heterocycles. The summed E-state index contributed by atoms with van der Waals surface area (Å²) in [6.45, 7) is 6.35. The molecule has 0 radical (unpaired) electrons.